The summed E-state index contributed by atoms with van der Waals surface area (Å²) in [6.45, 7) is 1.77. The van der Waals surface area contributed by atoms with E-state index < -0.39 is 17.5 Å². The van der Waals surface area contributed by atoms with Crippen LogP contribution >= 0.6 is 0 Å². The fourth-order valence-corrected chi connectivity index (χ4v) is 2.90. The maximum atomic E-state index is 12.9. The third kappa shape index (κ3) is 2.98. The van der Waals surface area contributed by atoms with E-state index in [0.717, 1.165) is 10.5 Å². The van der Waals surface area contributed by atoms with Gasteiger partial charge in [0.15, 0.2) is 0 Å². The van der Waals surface area contributed by atoms with Crippen LogP contribution in [-0.4, -0.2) is 29.9 Å². The first-order valence-electron chi connectivity index (χ1n) is 7.82. The van der Waals surface area contributed by atoms with E-state index in [0.29, 0.717) is 11.1 Å². The van der Waals surface area contributed by atoms with Crippen molar-refractivity contribution in [2.75, 3.05) is 7.11 Å². The number of benzene rings is 2. The number of rotatable bonds is 4. The average Bonchev–Trinajstić information content (AvgIpc) is 2.86. The van der Waals surface area contributed by atoms with E-state index in [1.165, 1.54) is 7.11 Å². The van der Waals surface area contributed by atoms with Gasteiger partial charge in [-0.1, -0.05) is 42.5 Å². The number of nitrogens with zero attached hydrogens (tertiary/aromatic N) is 1. The van der Waals surface area contributed by atoms with E-state index >= 15 is 0 Å². The third-order valence-corrected chi connectivity index (χ3v) is 4.31. The lowest BCUT2D eigenvalue weighted by Gasteiger charge is -2.22. The van der Waals surface area contributed by atoms with E-state index in [-0.39, 0.29) is 12.5 Å². The predicted octanol–water partition coefficient (Wildman–Crippen LogP) is 2.44. The molecule has 1 unspecified atom stereocenters. The number of urea groups is 1. The van der Waals surface area contributed by atoms with Gasteiger partial charge >= 0.3 is 12.0 Å². The molecule has 1 fully saturated rings. The van der Waals surface area contributed by atoms with E-state index in [1.54, 1.807) is 43.3 Å². The lowest BCUT2D eigenvalue weighted by molar-refractivity contribution is -0.131. The van der Waals surface area contributed by atoms with Crippen LogP contribution in [0.4, 0.5) is 4.79 Å². The number of nitrogens with one attached hydrogen (secondary N) is 1. The third-order valence-electron chi connectivity index (χ3n) is 4.31. The summed E-state index contributed by atoms with van der Waals surface area (Å²) in [4.78, 5) is 38.0. The van der Waals surface area contributed by atoms with Gasteiger partial charge in [-0.25, -0.2) is 9.59 Å². The van der Waals surface area contributed by atoms with E-state index in [2.05, 4.69) is 5.32 Å². The zero-order valence-corrected chi connectivity index (χ0v) is 14.0. The Morgan fingerprint density at radius 3 is 2.52 bits per heavy atom. The summed E-state index contributed by atoms with van der Waals surface area (Å²) in [5.74, 6) is -0.791. The van der Waals surface area contributed by atoms with Crippen molar-refractivity contribution in [1.29, 1.82) is 0 Å². The molecule has 3 rings (SSSR count). The number of methoxy groups -OCH3 is 1. The van der Waals surface area contributed by atoms with Gasteiger partial charge in [0.25, 0.3) is 5.91 Å². The van der Waals surface area contributed by atoms with Crippen LogP contribution in [0, 0.1) is 0 Å². The zero-order chi connectivity index (χ0) is 18.0. The maximum absolute atomic E-state index is 12.9. The molecule has 2 aromatic carbocycles. The van der Waals surface area contributed by atoms with Crippen molar-refractivity contribution in [3.05, 3.63) is 71.3 Å². The number of carbonyl (C=O) groups is 3. The molecule has 1 atom stereocenters. The molecule has 1 heterocycles. The first kappa shape index (κ1) is 16.7. The van der Waals surface area contributed by atoms with E-state index in [9.17, 15) is 14.4 Å². The molecule has 0 bridgehead atoms. The number of esters is 1. The molecule has 0 spiro atoms. The molecule has 2 aromatic rings. The first-order chi connectivity index (χ1) is 12.0. The van der Waals surface area contributed by atoms with Gasteiger partial charge in [-0.2, -0.15) is 0 Å². The van der Waals surface area contributed by atoms with Gasteiger partial charge in [-0.15, -0.1) is 0 Å². The number of imide groups is 1. The van der Waals surface area contributed by atoms with Crippen LogP contribution in [0.5, 0.6) is 0 Å². The Bertz CT molecular complexity index is 834. The summed E-state index contributed by atoms with van der Waals surface area (Å²) in [7, 11) is 1.30. The minimum atomic E-state index is -1.10. The molecule has 25 heavy (non-hydrogen) atoms. The Labute approximate surface area is 145 Å². The van der Waals surface area contributed by atoms with Gasteiger partial charge in [0.2, 0.25) is 0 Å². The lowest BCUT2D eigenvalue weighted by atomic mass is 9.92. The molecule has 1 aliphatic heterocycles. The van der Waals surface area contributed by atoms with Gasteiger partial charge in [0.1, 0.15) is 5.54 Å². The fourth-order valence-electron chi connectivity index (χ4n) is 2.90. The minimum Gasteiger partial charge on any atom is -0.465 e. The van der Waals surface area contributed by atoms with Crippen LogP contribution < -0.4 is 5.32 Å². The smallest absolute Gasteiger partial charge is 0.337 e. The number of ether oxygens (including phenoxy) is 1. The van der Waals surface area contributed by atoms with E-state index in [4.69, 9.17) is 4.74 Å². The van der Waals surface area contributed by atoms with Crippen molar-refractivity contribution in [1.82, 2.24) is 10.2 Å². The highest BCUT2D eigenvalue weighted by Crippen LogP contribution is 2.29. The molecule has 128 valence electrons. The summed E-state index contributed by atoms with van der Waals surface area (Å²) < 4.78 is 4.70. The molecule has 3 amide bonds. The highest BCUT2D eigenvalue weighted by Gasteiger charge is 2.48. The number of amides is 3. The molecule has 6 nitrogen and oxygen atoms in total. The molecule has 1 saturated heterocycles. The fraction of sp³-hybridized carbons (Fsp3) is 0.211. The van der Waals surface area contributed by atoms with Gasteiger partial charge in [-0.3, -0.25) is 9.69 Å². The summed E-state index contributed by atoms with van der Waals surface area (Å²) in [6.07, 6.45) is 0. The summed E-state index contributed by atoms with van der Waals surface area (Å²) in [5.41, 5.74) is 0.666. The highest BCUT2D eigenvalue weighted by atomic mass is 16.5. The van der Waals surface area contributed by atoms with Crippen LogP contribution in [0.15, 0.2) is 54.6 Å². The topological polar surface area (TPSA) is 75.7 Å². The number of hydrogen-bond acceptors (Lipinski definition) is 4. The van der Waals surface area contributed by atoms with Crippen LogP contribution in [0.3, 0.4) is 0 Å². The Kier molecular flexibility index (Phi) is 4.27. The van der Waals surface area contributed by atoms with Crippen molar-refractivity contribution in [3.8, 4) is 0 Å². The van der Waals surface area contributed by atoms with Crippen molar-refractivity contribution in [2.24, 2.45) is 0 Å². The number of hydrogen-bond donors (Lipinski definition) is 1. The Hall–Kier alpha value is -3.15. The zero-order valence-electron chi connectivity index (χ0n) is 14.0. The van der Waals surface area contributed by atoms with Gasteiger partial charge in [0, 0.05) is 0 Å². The standard InChI is InChI=1S/C19H18N2O4/c1-19(15-9-4-3-5-10-15)17(23)21(18(24)20-19)12-13-7-6-8-14(11-13)16(22)25-2/h3-11H,12H2,1-2H3,(H,20,24). The van der Waals surface area contributed by atoms with Gasteiger partial charge < -0.3 is 10.1 Å². The van der Waals surface area contributed by atoms with Gasteiger partial charge in [0.05, 0.1) is 19.2 Å². The molecular weight excluding hydrogens is 320 g/mol. The predicted molar refractivity (Wildman–Crippen MR) is 90.7 cm³/mol. The Morgan fingerprint density at radius 1 is 1.12 bits per heavy atom. The summed E-state index contributed by atoms with van der Waals surface area (Å²) in [5, 5.41) is 2.76. The average molecular weight is 338 g/mol. The molecule has 1 N–H and O–H groups in total. The van der Waals surface area contributed by atoms with Crippen molar-refractivity contribution in [3.63, 3.8) is 0 Å². The minimum absolute atomic E-state index is 0.0813. The maximum Gasteiger partial charge on any atom is 0.337 e. The Balaban J connectivity index is 1.86. The first-order valence-corrected chi connectivity index (χ1v) is 7.82. The highest BCUT2D eigenvalue weighted by molar-refractivity contribution is 6.07. The summed E-state index contributed by atoms with van der Waals surface area (Å²) >= 11 is 0. The molecule has 6 heteroatoms. The molecule has 0 aliphatic carbocycles. The second-order valence-corrected chi connectivity index (χ2v) is 6.00. The number of carbonyl (C=O) groups excluding carboxylic acids is 3. The lowest BCUT2D eigenvalue weighted by Crippen LogP contribution is -2.40. The monoisotopic (exact) mass is 338 g/mol. The van der Waals surface area contributed by atoms with E-state index in [1.807, 2.05) is 18.2 Å². The molecule has 0 aromatic heterocycles. The largest absolute Gasteiger partial charge is 0.465 e. The summed E-state index contributed by atoms with van der Waals surface area (Å²) in [6, 6.07) is 15.3. The SMILES string of the molecule is COC(=O)c1cccc(CN2C(=O)NC(C)(c3ccccc3)C2=O)c1. The Morgan fingerprint density at radius 2 is 1.84 bits per heavy atom. The van der Waals surface area contributed by atoms with Crippen LogP contribution in [0.1, 0.15) is 28.4 Å². The second-order valence-electron chi connectivity index (χ2n) is 6.00. The quantitative estimate of drug-likeness (QED) is 0.686. The molecule has 0 radical (unpaired) electrons. The molecular formula is C19H18N2O4. The van der Waals surface area contributed by atoms with Crippen LogP contribution in [0.25, 0.3) is 0 Å². The van der Waals surface area contributed by atoms with Crippen LogP contribution in [-0.2, 0) is 21.6 Å². The van der Waals surface area contributed by atoms with Crippen molar-refractivity contribution < 1.29 is 19.1 Å². The second kappa shape index (κ2) is 6.39. The normalized spacial score (nSPS) is 19.7. The van der Waals surface area contributed by atoms with Crippen molar-refractivity contribution in [2.45, 2.75) is 19.0 Å². The molecule has 0 saturated carbocycles. The van der Waals surface area contributed by atoms with Gasteiger partial charge in [-0.05, 0) is 30.2 Å². The molecule has 1 aliphatic rings. The van der Waals surface area contributed by atoms with Crippen LogP contribution in [0.2, 0.25) is 0 Å². The van der Waals surface area contributed by atoms with Crippen molar-refractivity contribution >= 4 is 17.9 Å².